The van der Waals surface area contributed by atoms with Crippen molar-refractivity contribution in [2.24, 2.45) is 0 Å². The topological polar surface area (TPSA) is 128 Å². The smallest absolute Gasteiger partial charge is 0.278 e. The summed E-state index contributed by atoms with van der Waals surface area (Å²) in [5.41, 5.74) is 2.20. The summed E-state index contributed by atoms with van der Waals surface area (Å²) in [5.74, 6) is -1.30. The molecule has 0 aliphatic carbocycles. The van der Waals surface area contributed by atoms with Gasteiger partial charge in [-0.05, 0) is 52.9 Å². The molecular weight excluding hydrogens is 458 g/mol. The zero-order valence-corrected chi connectivity index (χ0v) is 15.4. The highest BCUT2D eigenvalue weighted by Crippen LogP contribution is 2.23. The number of anilines is 2. The number of nitriles is 1. The van der Waals surface area contributed by atoms with Gasteiger partial charge in [-0.2, -0.15) is 5.26 Å². The first kappa shape index (κ1) is 20.0. The van der Waals surface area contributed by atoms with Crippen molar-refractivity contribution in [2.75, 3.05) is 18.5 Å². The summed E-state index contributed by atoms with van der Waals surface area (Å²) in [6.07, 6.45) is -1.15. The van der Waals surface area contributed by atoms with E-state index in [0.29, 0.717) is 3.57 Å². The third-order valence-corrected chi connectivity index (χ3v) is 3.76. The van der Waals surface area contributed by atoms with Gasteiger partial charge in [0.25, 0.3) is 5.91 Å². The van der Waals surface area contributed by atoms with Crippen molar-refractivity contribution in [3.05, 3.63) is 51.0 Å². The molecule has 0 fully saturated rings. The summed E-state index contributed by atoms with van der Waals surface area (Å²) < 4.78 is 14.7. The number of nitrogens with zero attached hydrogens (tertiary/aromatic N) is 2. The standard InChI is InChI=1S/C16H14FIN4O4/c17-13-5-9(18)1-4-14(13)21-15-12(3-2-10(6-19)20-15)16(25)22-26-8-11(24)7-23/h1-5,11,23-24H,7-8H2,(H,20,21)(H,22,25)/t11-/m0/s1. The number of carbonyl (C=O) groups is 1. The predicted octanol–water partition coefficient (Wildman–Crippen LogP) is 1.46. The molecule has 0 aliphatic rings. The summed E-state index contributed by atoms with van der Waals surface area (Å²) in [5, 5.41) is 29.6. The molecule has 0 spiro atoms. The van der Waals surface area contributed by atoms with E-state index in [1.54, 1.807) is 6.07 Å². The largest absolute Gasteiger partial charge is 0.394 e. The van der Waals surface area contributed by atoms with E-state index in [2.05, 4.69) is 15.8 Å². The van der Waals surface area contributed by atoms with Gasteiger partial charge in [-0.25, -0.2) is 14.9 Å². The SMILES string of the molecule is N#Cc1ccc(C(=O)NOC[C@@H](O)CO)c(Nc2ccc(I)cc2F)n1. The lowest BCUT2D eigenvalue weighted by Gasteiger charge is -2.13. The molecule has 0 saturated heterocycles. The molecule has 2 rings (SSSR count). The lowest BCUT2D eigenvalue weighted by Crippen LogP contribution is -2.30. The van der Waals surface area contributed by atoms with Crippen LogP contribution < -0.4 is 10.8 Å². The van der Waals surface area contributed by atoms with Gasteiger partial charge in [0.05, 0.1) is 17.9 Å². The van der Waals surface area contributed by atoms with Crippen LogP contribution in [0.25, 0.3) is 0 Å². The molecule has 0 bridgehead atoms. The van der Waals surface area contributed by atoms with Gasteiger partial charge in [0.1, 0.15) is 36.1 Å². The van der Waals surface area contributed by atoms with Crippen molar-refractivity contribution in [3.8, 4) is 6.07 Å². The molecular formula is C16H14FIN4O4. The van der Waals surface area contributed by atoms with Gasteiger partial charge >= 0.3 is 0 Å². The minimum absolute atomic E-state index is 0.000406. The fraction of sp³-hybridized carbons (Fsp3) is 0.188. The first-order chi connectivity index (χ1) is 12.4. The van der Waals surface area contributed by atoms with Crippen LogP contribution >= 0.6 is 22.6 Å². The Labute approximate surface area is 161 Å². The van der Waals surface area contributed by atoms with E-state index in [4.69, 9.17) is 15.2 Å². The van der Waals surface area contributed by atoms with Crippen LogP contribution in [0.5, 0.6) is 0 Å². The third kappa shape index (κ3) is 5.33. The second kappa shape index (κ2) is 9.39. The number of aromatic nitrogens is 1. The van der Waals surface area contributed by atoms with Gasteiger partial charge < -0.3 is 15.5 Å². The van der Waals surface area contributed by atoms with Crippen LogP contribution in [0.4, 0.5) is 15.9 Å². The maximum Gasteiger partial charge on any atom is 0.278 e. The molecule has 136 valence electrons. The van der Waals surface area contributed by atoms with E-state index in [1.165, 1.54) is 24.3 Å². The number of hydrogen-bond donors (Lipinski definition) is 4. The first-order valence-corrected chi connectivity index (χ1v) is 8.36. The normalized spacial score (nSPS) is 11.5. The number of nitrogens with one attached hydrogen (secondary N) is 2. The molecule has 0 aliphatic heterocycles. The number of halogens is 2. The van der Waals surface area contributed by atoms with Crippen LogP contribution in [0.15, 0.2) is 30.3 Å². The summed E-state index contributed by atoms with van der Waals surface area (Å²) in [6, 6.07) is 8.95. The minimum Gasteiger partial charge on any atom is -0.394 e. The van der Waals surface area contributed by atoms with Crippen LogP contribution in [-0.4, -0.2) is 40.4 Å². The zero-order valence-electron chi connectivity index (χ0n) is 13.2. The van der Waals surface area contributed by atoms with Gasteiger partial charge in [-0.15, -0.1) is 0 Å². The number of pyridine rings is 1. The number of aliphatic hydroxyl groups excluding tert-OH is 2. The molecule has 0 unspecified atom stereocenters. The number of amides is 1. The maximum atomic E-state index is 14.0. The Morgan fingerprint density at radius 2 is 2.19 bits per heavy atom. The Bertz CT molecular complexity index is 843. The van der Waals surface area contributed by atoms with Crippen molar-refractivity contribution in [1.82, 2.24) is 10.5 Å². The number of rotatable bonds is 7. The summed E-state index contributed by atoms with van der Waals surface area (Å²) in [7, 11) is 0. The van der Waals surface area contributed by atoms with Gasteiger partial charge in [0, 0.05) is 3.57 Å². The van der Waals surface area contributed by atoms with E-state index >= 15 is 0 Å². The van der Waals surface area contributed by atoms with E-state index in [1.807, 2.05) is 28.7 Å². The zero-order chi connectivity index (χ0) is 19.1. The van der Waals surface area contributed by atoms with Crippen LogP contribution in [0.1, 0.15) is 16.1 Å². The highest BCUT2D eigenvalue weighted by atomic mass is 127. The summed E-state index contributed by atoms with van der Waals surface area (Å²) >= 11 is 1.96. The van der Waals surface area contributed by atoms with Crippen LogP contribution in [-0.2, 0) is 4.84 Å². The number of aliphatic hydroxyl groups is 2. The fourth-order valence-corrected chi connectivity index (χ4v) is 2.28. The molecule has 1 amide bonds. The van der Waals surface area contributed by atoms with Crippen molar-refractivity contribution in [2.45, 2.75) is 6.10 Å². The Balaban J connectivity index is 2.23. The fourth-order valence-electron chi connectivity index (χ4n) is 1.83. The molecule has 0 radical (unpaired) electrons. The molecule has 1 aromatic carbocycles. The Morgan fingerprint density at radius 1 is 1.42 bits per heavy atom. The Kier molecular flexibility index (Phi) is 7.22. The highest BCUT2D eigenvalue weighted by molar-refractivity contribution is 14.1. The number of hydrogen-bond acceptors (Lipinski definition) is 7. The maximum absolute atomic E-state index is 14.0. The Morgan fingerprint density at radius 3 is 2.85 bits per heavy atom. The van der Waals surface area contributed by atoms with Crippen LogP contribution in [0, 0.1) is 20.7 Å². The molecule has 10 heteroatoms. The monoisotopic (exact) mass is 472 g/mol. The second-order valence-electron chi connectivity index (χ2n) is 5.03. The van der Waals surface area contributed by atoms with Crippen molar-refractivity contribution >= 4 is 40.0 Å². The molecule has 0 saturated carbocycles. The van der Waals surface area contributed by atoms with Crippen molar-refractivity contribution in [3.63, 3.8) is 0 Å². The lowest BCUT2D eigenvalue weighted by atomic mass is 10.2. The lowest BCUT2D eigenvalue weighted by molar-refractivity contribution is -0.0295. The molecule has 26 heavy (non-hydrogen) atoms. The first-order valence-electron chi connectivity index (χ1n) is 7.29. The predicted molar refractivity (Wildman–Crippen MR) is 97.9 cm³/mol. The number of carbonyl (C=O) groups excluding carboxylic acids is 1. The molecule has 2 aromatic rings. The highest BCUT2D eigenvalue weighted by Gasteiger charge is 2.16. The van der Waals surface area contributed by atoms with Gasteiger partial charge in [-0.3, -0.25) is 9.63 Å². The average molecular weight is 472 g/mol. The van der Waals surface area contributed by atoms with Gasteiger partial charge in [0.2, 0.25) is 0 Å². The van der Waals surface area contributed by atoms with Crippen molar-refractivity contribution < 1.29 is 24.2 Å². The van der Waals surface area contributed by atoms with Gasteiger partial charge in [0.15, 0.2) is 0 Å². The summed E-state index contributed by atoms with van der Waals surface area (Å²) in [6.45, 7) is -0.840. The van der Waals surface area contributed by atoms with Crippen molar-refractivity contribution in [1.29, 1.82) is 5.26 Å². The second-order valence-corrected chi connectivity index (χ2v) is 6.28. The Hall–Kier alpha value is -2.33. The third-order valence-electron chi connectivity index (χ3n) is 3.09. The van der Waals surface area contributed by atoms with E-state index in [0.717, 1.165) is 0 Å². The molecule has 1 heterocycles. The molecule has 4 N–H and O–H groups in total. The van der Waals surface area contributed by atoms with Crippen LogP contribution in [0.2, 0.25) is 0 Å². The number of benzene rings is 1. The quantitative estimate of drug-likeness (QED) is 0.355. The van der Waals surface area contributed by atoms with E-state index < -0.39 is 24.4 Å². The molecule has 8 nitrogen and oxygen atoms in total. The van der Waals surface area contributed by atoms with E-state index in [-0.39, 0.29) is 29.4 Å². The minimum atomic E-state index is -1.15. The van der Waals surface area contributed by atoms with E-state index in [9.17, 15) is 14.3 Å². The average Bonchev–Trinajstić information content (AvgIpc) is 2.63. The molecule has 1 aromatic heterocycles. The number of hydroxylamine groups is 1. The van der Waals surface area contributed by atoms with Gasteiger partial charge in [-0.1, -0.05) is 0 Å². The van der Waals surface area contributed by atoms with Crippen LogP contribution in [0.3, 0.4) is 0 Å². The summed E-state index contributed by atoms with van der Waals surface area (Å²) in [4.78, 5) is 21.0. The molecule has 1 atom stereocenters.